The minimum Gasteiger partial charge on any atom is -0.436 e. The van der Waals surface area contributed by atoms with Crippen LogP contribution in [0.4, 0.5) is 4.39 Å². The Bertz CT molecular complexity index is 1010. The predicted octanol–water partition coefficient (Wildman–Crippen LogP) is 4.62. The highest BCUT2D eigenvalue weighted by Gasteiger charge is 2.12. The highest BCUT2D eigenvalue weighted by atomic mass is 35.5. The van der Waals surface area contributed by atoms with E-state index in [0.717, 1.165) is 16.6 Å². The lowest BCUT2D eigenvalue weighted by molar-refractivity contribution is -0.687. The van der Waals surface area contributed by atoms with Gasteiger partial charge >= 0.3 is 0 Å². The number of hydrogen-bond donors (Lipinski definition) is 0. The first-order valence-electron chi connectivity index (χ1n) is 7.47. The molecule has 2 aromatic heterocycles. The lowest BCUT2D eigenvalue weighted by Gasteiger charge is -1.99. The molecule has 5 heteroatoms. The maximum absolute atomic E-state index is 13.0. The second-order valence-corrected chi connectivity index (χ2v) is 5.96. The van der Waals surface area contributed by atoms with Crippen LogP contribution in [0.15, 0.2) is 71.4 Å². The molecular formula is C19H13ClFN2O+. The van der Waals surface area contributed by atoms with Gasteiger partial charge in [0, 0.05) is 16.7 Å². The molecule has 0 spiro atoms. The highest BCUT2D eigenvalue weighted by molar-refractivity contribution is 6.31. The Morgan fingerprint density at radius 3 is 2.75 bits per heavy atom. The monoisotopic (exact) mass is 339 g/mol. The van der Waals surface area contributed by atoms with E-state index >= 15 is 0 Å². The maximum Gasteiger partial charge on any atom is 0.233 e. The zero-order valence-electron chi connectivity index (χ0n) is 12.6. The van der Waals surface area contributed by atoms with Gasteiger partial charge in [0.1, 0.15) is 16.9 Å². The Hall–Kier alpha value is -2.72. The molecule has 3 nitrogen and oxygen atoms in total. The van der Waals surface area contributed by atoms with Crippen molar-refractivity contribution in [2.45, 2.75) is 6.54 Å². The molecular weight excluding hydrogens is 327 g/mol. The van der Waals surface area contributed by atoms with Crippen molar-refractivity contribution in [2.75, 3.05) is 0 Å². The molecule has 0 aliphatic rings. The summed E-state index contributed by atoms with van der Waals surface area (Å²) in [5.41, 5.74) is 3.31. The summed E-state index contributed by atoms with van der Waals surface area (Å²) in [4.78, 5) is 4.49. The van der Waals surface area contributed by atoms with Gasteiger partial charge in [-0.25, -0.2) is 9.37 Å². The van der Waals surface area contributed by atoms with Gasteiger partial charge in [-0.1, -0.05) is 11.6 Å². The second kappa shape index (κ2) is 6.06. The molecule has 4 rings (SSSR count). The molecule has 2 heterocycles. The van der Waals surface area contributed by atoms with Crippen molar-refractivity contribution < 1.29 is 13.4 Å². The molecule has 0 amide bonds. The minimum atomic E-state index is -0.234. The third kappa shape index (κ3) is 3.01. The van der Waals surface area contributed by atoms with E-state index in [1.807, 2.05) is 35.2 Å². The molecule has 24 heavy (non-hydrogen) atoms. The summed E-state index contributed by atoms with van der Waals surface area (Å²) >= 11 is 5.99. The molecule has 0 saturated heterocycles. The van der Waals surface area contributed by atoms with E-state index in [4.69, 9.17) is 16.0 Å². The molecule has 2 aromatic carbocycles. The number of pyridine rings is 1. The van der Waals surface area contributed by atoms with Crippen LogP contribution in [0.5, 0.6) is 0 Å². The van der Waals surface area contributed by atoms with E-state index < -0.39 is 0 Å². The normalized spacial score (nSPS) is 11.1. The van der Waals surface area contributed by atoms with E-state index in [1.165, 1.54) is 12.1 Å². The first kappa shape index (κ1) is 14.8. The first-order valence-corrected chi connectivity index (χ1v) is 7.85. The fourth-order valence-corrected chi connectivity index (χ4v) is 2.74. The molecule has 0 atom stereocenters. The Labute approximate surface area is 143 Å². The van der Waals surface area contributed by atoms with Crippen molar-refractivity contribution in [2.24, 2.45) is 0 Å². The summed E-state index contributed by atoms with van der Waals surface area (Å²) in [6, 6.07) is 15.7. The molecule has 0 N–H and O–H groups in total. The molecule has 0 saturated carbocycles. The topological polar surface area (TPSA) is 29.9 Å². The van der Waals surface area contributed by atoms with Crippen LogP contribution in [-0.4, -0.2) is 4.98 Å². The first-order chi connectivity index (χ1) is 11.7. The third-order valence-corrected chi connectivity index (χ3v) is 3.97. The number of aromatic nitrogens is 2. The van der Waals surface area contributed by atoms with Gasteiger partial charge in [0.2, 0.25) is 5.89 Å². The fourth-order valence-electron chi connectivity index (χ4n) is 2.57. The van der Waals surface area contributed by atoms with E-state index in [1.54, 1.807) is 24.3 Å². The van der Waals surface area contributed by atoms with Crippen LogP contribution in [0.25, 0.3) is 22.6 Å². The Kier molecular flexibility index (Phi) is 3.75. The van der Waals surface area contributed by atoms with Crippen LogP contribution in [0.1, 0.15) is 5.56 Å². The molecule has 0 radical (unpaired) electrons. The minimum absolute atomic E-state index is 0.234. The number of halogens is 2. The molecule has 0 aliphatic heterocycles. The number of hydrogen-bond acceptors (Lipinski definition) is 2. The van der Waals surface area contributed by atoms with Crippen LogP contribution in [0.3, 0.4) is 0 Å². The van der Waals surface area contributed by atoms with Gasteiger partial charge in [-0.05, 0) is 48.5 Å². The van der Waals surface area contributed by atoms with E-state index in [2.05, 4.69) is 4.98 Å². The lowest BCUT2D eigenvalue weighted by Crippen LogP contribution is -2.33. The Balaban J connectivity index is 1.66. The molecule has 118 valence electrons. The van der Waals surface area contributed by atoms with E-state index in [9.17, 15) is 4.39 Å². The summed E-state index contributed by atoms with van der Waals surface area (Å²) in [6.45, 7) is 0.639. The number of benzene rings is 2. The van der Waals surface area contributed by atoms with Crippen molar-refractivity contribution in [3.63, 3.8) is 0 Å². The van der Waals surface area contributed by atoms with Crippen LogP contribution in [-0.2, 0) is 6.54 Å². The Morgan fingerprint density at radius 2 is 1.92 bits per heavy atom. The summed E-state index contributed by atoms with van der Waals surface area (Å²) < 4.78 is 20.8. The number of oxazole rings is 1. The molecule has 0 fully saturated rings. The van der Waals surface area contributed by atoms with Gasteiger partial charge in [0.15, 0.2) is 24.5 Å². The summed E-state index contributed by atoms with van der Waals surface area (Å²) in [5, 5.41) is 0.627. The zero-order valence-corrected chi connectivity index (χ0v) is 13.4. The van der Waals surface area contributed by atoms with Crippen LogP contribution < -0.4 is 4.57 Å². The fraction of sp³-hybridized carbons (Fsp3) is 0.0526. The van der Waals surface area contributed by atoms with Crippen molar-refractivity contribution in [1.82, 2.24) is 4.98 Å². The van der Waals surface area contributed by atoms with Gasteiger partial charge in [-0.3, -0.25) is 0 Å². The average molecular weight is 340 g/mol. The van der Waals surface area contributed by atoms with Gasteiger partial charge in [0.05, 0.1) is 0 Å². The highest BCUT2D eigenvalue weighted by Crippen LogP contribution is 2.25. The largest absolute Gasteiger partial charge is 0.436 e. The van der Waals surface area contributed by atoms with Crippen molar-refractivity contribution in [3.8, 4) is 11.5 Å². The quantitative estimate of drug-likeness (QED) is 0.510. The summed E-state index contributed by atoms with van der Waals surface area (Å²) in [5.74, 6) is 0.309. The maximum atomic E-state index is 13.0. The summed E-state index contributed by atoms with van der Waals surface area (Å²) in [7, 11) is 0. The van der Waals surface area contributed by atoms with Crippen molar-refractivity contribution in [1.29, 1.82) is 0 Å². The SMILES string of the molecule is Fc1ccc(C[n+]2cccc(-c3nc4cc(Cl)ccc4o3)c2)cc1. The zero-order chi connectivity index (χ0) is 16.5. The second-order valence-electron chi connectivity index (χ2n) is 5.52. The lowest BCUT2D eigenvalue weighted by atomic mass is 10.2. The van der Waals surface area contributed by atoms with Gasteiger partial charge in [0.25, 0.3) is 0 Å². The standard InChI is InChI=1S/C19H13ClFN2O/c20-15-5-8-18-17(10-15)22-19(24-18)14-2-1-9-23(12-14)11-13-3-6-16(21)7-4-13/h1-10,12H,11H2/q+1. The van der Waals surface area contributed by atoms with Crippen LogP contribution in [0.2, 0.25) is 5.02 Å². The van der Waals surface area contributed by atoms with Crippen molar-refractivity contribution >= 4 is 22.7 Å². The smallest absolute Gasteiger partial charge is 0.233 e. The number of rotatable bonds is 3. The van der Waals surface area contributed by atoms with E-state index in [-0.39, 0.29) is 5.82 Å². The Morgan fingerprint density at radius 1 is 1.08 bits per heavy atom. The summed E-state index contributed by atoms with van der Waals surface area (Å²) in [6.07, 6.45) is 3.90. The third-order valence-electron chi connectivity index (χ3n) is 3.73. The van der Waals surface area contributed by atoms with Gasteiger partial charge in [-0.15, -0.1) is 0 Å². The van der Waals surface area contributed by atoms with Crippen LogP contribution in [0, 0.1) is 5.82 Å². The molecule has 4 aromatic rings. The van der Waals surface area contributed by atoms with E-state index in [0.29, 0.717) is 23.0 Å². The molecule has 0 bridgehead atoms. The number of nitrogens with zero attached hydrogens (tertiary/aromatic N) is 2. The van der Waals surface area contributed by atoms with Crippen molar-refractivity contribution in [3.05, 3.63) is 83.4 Å². The average Bonchev–Trinajstić information content (AvgIpc) is 3.00. The van der Waals surface area contributed by atoms with Crippen LogP contribution >= 0.6 is 11.6 Å². The molecule has 0 aliphatic carbocycles. The number of fused-ring (bicyclic) bond motifs is 1. The predicted molar refractivity (Wildman–Crippen MR) is 90.2 cm³/mol. The molecule has 0 unspecified atom stereocenters. The van der Waals surface area contributed by atoms with Gasteiger partial charge in [-0.2, -0.15) is 4.57 Å². The van der Waals surface area contributed by atoms with Gasteiger partial charge < -0.3 is 4.42 Å².